The van der Waals surface area contributed by atoms with Gasteiger partial charge in [0.05, 0.1) is 29.3 Å². The zero-order valence-electron chi connectivity index (χ0n) is 14.4. The summed E-state index contributed by atoms with van der Waals surface area (Å²) in [6, 6.07) is 12.5. The van der Waals surface area contributed by atoms with Gasteiger partial charge in [0, 0.05) is 11.0 Å². The summed E-state index contributed by atoms with van der Waals surface area (Å²) in [5.41, 5.74) is 1.04. The van der Waals surface area contributed by atoms with Gasteiger partial charge in [-0.25, -0.2) is 4.98 Å². The molecule has 0 bridgehead atoms. The van der Waals surface area contributed by atoms with Crippen LogP contribution in [0.25, 0.3) is 10.9 Å². The molecule has 0 aliphatic carbocycles. The molecule has 0 saturated carbocycles. The van der Waals surface area contributed by atoms with Crippen LogP contribution < -0.4 is 10.3 Å². The first-order chi connectivity index (χ1) is 12.5. The highest BCUT2D eigenvalue weighted by Gasteiger charge is 2.15. The topological polar surface area (TPSA) is 61.2 Å². The van der Waals surface area contributed by atoms with Crippen LogP contribution in [0, 0.1) is 0 Å². The predicted molar refractivity (Wildman–Crippen MR) is 107 cm³/mol. The van der Waals surface area contributed by atoms with E-state index in [9.17, 15) is 9.59 Å². The van der Waals surface area contributed by atoms with Crippen LogP contribution in [0.1, 0.15) is 17.3 Å². The highest BCUT2D eigenvalue weighted by Crippen LogP contribution is 2.24. The summed E-state index contributed by atoms with van der Waals surface area (Å²) in [6.07, 6.45) is 0. The van der Waals surface area contributed by atoms with Gasteiger partial charge in [0.25, 0.3) is 5.56 Å². The van der Waals surface area contributed by atoms with E-state index < -0.39 is 0 Å². The van der Waals surface area contributed by atoms with Crippen LogP contribution in [0.4, 0.5) is 0 Å². The summed E-state index contributed by atoms with van der Waals surface area (Å²) in [6.45, 7) is 2.37. The van der Waals surface area contributed by atoms with Gasteiger partial charge < -0.3 is 4.74 Å². The molecule has 0 aliphatic heterocycles. The number of para-hydroxylation sites is 1. The minimum absolute atomic E-state index is 0.0692. The van der Waals surface area contributed by atoms with E-state index in [1.54, 1.807) is 34.9 Å². The molecule has 5 nitrogen and oxygen atoms in total. The predicted octanol–water partition coefficient (Wildman–Crippen LogP) is 4.16. The third-order valence-electron chi connectivity index (χ3n) is 3.94. The van der Waals surface area contributed by atoms with E-state index >= 15 is 0 Å². The summed E-state index contributed by atoms with van der Waals surface area (Å²) in [5.74, 6) is 0.650. The zero-order valence-corrected chi connectivity index (χ0v) is 16.8. The molecule has 0 saturated heterocycles. The molecule has 0 atom stereocenters. The summed E-state index contributed by atoms with van der Waals surface area (Å²) in [7, 11) is 1.54. The number of thioether (sulfide) groups is 1. The van der Waals surface area contributed by atoms with Crippen molar-refractivity contribution in [3.05, 3.63) is 62.9 Å². The molecule has 1 heterocycles. The number of carbonyl (C=O) groups excluding carboxylic acids is 1. The molecule has 0 spiro atoms. The quantitative estimate of drug-likeness (QED) is 0.332. The second kappa shape index (κ2) is 8.05. The van der Waals surface area contributed by atoms with Gasteiger partial charge >= 0.3 is 0 Å². The molecular formula is C19H17BrN2O3S. The number of methoxy groups -OCH3 is 1. The minimum atomic E-state index is -0.106. The smallest absolute Gasteiger partial charge is 0.262 e. The standard InChI is InChI=1S/C19H17BrN2O3S/c1-3-22-18(24)14-10-12(20)8-9-15(14)21-19(22)26-11-16(23)13-6-4-5-7-17(13)25-2/h4-10H,3,11H2,1-2H3. The third-order valence-corrected chi connectivity index (χ3v) is 5.41. The Bertz CT molecular complexity index is 1030. The van der Waals surface area contributed by atoms with E-state index in [-0.39, 0.29) is 17.1 Å². The van der Waals surface area contributed by atoms with Gasteiger partial charge in [-0.05, 0) is 37.3 Å². The van der Waals surface area contributed by atoms with Crippen molar-refractivity contribution in [1.29, 1.82) is 0 Å². The molecular weight excluding hydrogens is 416 g/mol. The van der Waals surface area contributed by atoms with Crippen LogP contribution in [0.2, 0.25) is 0 Å². The molecule has 0 unspecified atom stereocenters. The number of hydrogen-bond donors (Lipinski definition) is 0. The van der Waals surface area contributed by atoms with Crippen LogP contribution >= 0.6 is 27.7 Å². The van der Waals surface area contributed by atoms with Gasteiger partial charge in [-0.2, -0.15) is 0 Å². The van der Waals surface area contributed by atoms with Gasteiger partial charge in [0.2, 0.25) is 0 Å². The van der Waals surface area contributed by atoms with Crippen molar-refractivity contribution < 1.29 is 9.53 Å². The van der Waals surface area contributed by atoms with Crippen molar-refractivity contribution in [3.8, 4) is 5.75 Å². The molecule has 2 aromatic carbocycles. The summed E-state index contributed by atoms with van der Waals surface area (Å²) >= 11 is 4.65. The number of nitrogens with zero attached hydrogens (tertiary/aromatic N) is 2. The van der Waals surface area contributed by atoms with Crippen LogP contribution in [0.5, 0.6) is 5.75 Å². The highest BCUT2D eigenvalue weighted by molar-refractivity contribution is 9.10. The Morgan fingerprint density at radius 2 is 2.04 bits per heavy atom. The maximum Gasteiger partial charge on any atom is 0.262 e. The largest absolute Gasteiger partial charge is 0.496 e. The van der Waals surface area contributed by atoms with E-state index in [0.717, 1.165) is 4.47 Å². The lowest BCUT2D eigenvalue weighted by Gasteiger charge is -2.12. The average Bonchev–Trinajstić information content (AvgIpc) is 2.66. The van der Waals surface area contributed by atoms with Crippen molar-refractivity contribution in [2.75, 3.05) is 12.9 Å². The number of benzene rings is 2. The third kappa shape index (κ3) is 3.68. The number of Topliss-reactive ketones (excluding diaryl/α,β-unsaturated/α-hetero) is 1. The van der Waals surface area contributed by atoms with Crippen molar-refractivity contribution in [3.63, 3.8) is 0 Å². The molecule has 26 heavy (non-hydrogen) atoms. The fourth-order valence-corrected chi connectivity index (χ4v) is 3.95. The molecule has 0 radical (unpaired) electrons. The van der Waals surface area contributed by atoms with Crippen molar-refractivity contribution in [2.24, 2.45) is 0 Å². The number of carbonyl (C=O) groups is 1. The lowest BCUT2D eigenvalue weighted by molar-refractivity contribution is 0.101. The Kier molecular flexibility index (Phi) is 5.78. The fourth-order valence-electron chi connectivity index (χ4n) is 2.64. The summed E-state index contributed by atoms with van der Waals surface area (Å²) in [5, 5.41) is 1.09. The number of hydrogen-bond acceptors (Lipinski definition) is 5. The van der Waals surface area contributed by atoms with Gasteiger partial charge in [-0.1, -0.05) is 39.8 Å². The molecule has 3 aromatic rings. The first-order valence-electron chi connectivity index (χ1n) is 8.04. The second-order valence-electron chi connectivity index (χ2n) is 5.52. The Labute approximate surface area is 163 Å². The molecule has 0 amide bonds. The fraction of sp³-hybridized carbons (Fsp3) is 0.211. The Morgan fingerprint density at radius 3 is 2.77 bits per heavy atom. The van der Waals surface area contributed by atoms with Crippen LogP contribution in [0.15, 0.2) is 56.9 Å². The van der Waals surface area contributed by atoms with Crippen LogP contribution in [-0.2, 0) is 6.54 Å². The number of ketones is 1. The van der Waals surface area contributed by atoms with E-state index in [4.69, 9.17) is 4.74 Å². The first-order valence-corrected chi connectivity index (χ1v) is 9.82. The number of rotatable bonds is 6. The maximum atomic E-state index is 12.7. The molecule has 7 heteroatoms. The van der Waals surface area contributed by atoms with Gasteiger partial charge in [0.15, 0.2) is 10.9 Å². The van der Waals surface area contributed by atoms with E-state index in [1.165, 1.54) is 18.9 Å². The van der Waals surface area contributed by atoms with E-state index in [1.807, 2.05) is 19.1 Å². The van der Waals surface area contributed by atoms with E-state index in [2.05, 4.69) is 20.9 Å². The Balaban J connectivity index is 1.92. The van der Waals surface area contributed by atoms with Crippen molar-refractivity contribution in [1.82, 2.24) is 9.55 Å². The summed E-state index contributed by atoms with van der Waals surface area (Å²) in [4.78, 5) is 29.9. The van der Waals surface area contributed by atoms with Crippen LogP contribution in [0.3, 0.4) is 0 Å². The maximum absolute atomic E-state index is 12.7. The molecule has 3 rings (SSSR count). The van der Waals surface area contributed by atoms with Crippen molar-refractivity contribution >= 4 is 44.4 Å². The number of ether oxygens (including phenoxy) is 1. The average molecular weight is 433 g/mol. The molecule has 134 valence electrons. The molecule has 0 fully saturated rings. The van der Waals surface area contributed by atoms with Gasteiger partial charge in [0.1, 0.15) is 5.75 Å². The molecule has 0 aliphatic rings. The SMILES string of the molecule is CCn1c(SCC(=O)c2ccccc2OC)nc2ccc(Br)cc2c1=O. The Hall–Kier alpha value is -2.12. The van der Waals surface area contributed by atoms with Crippen LogP contribution in [-0.4, -0.2) is 28.2 Å². The summed E-state index contributed by atoms with van der Waals surface area (Å²) < 4.78 is 7.67. The second-order valence-corrected chi connectivity index (χ2v) is 7.38. The molecule has 1 aromatic heterocycles. The molecule has 0 N–H and O–H groups in total. The zero-order chi connectivity index (χ0) is 18.7. The van der Waals surface area contributed by atoms with E-state index in [0.29, 0.717) is 33.9 Å². The minimum Gasteiger partial charge on any atom is -0.496 e. The number of aromatic nitrogens is 2. The number of fused-ring (bicyclic) bond motifs is 1. The van der Waals surface area contributed by atoms with Gasteiger partial charge in [-0.3, -0.25) is 14.2 Å². The first kappa shape index (κ1) is 18.7. The normalized spacial score (nSPS) is 10.9. The highest BCUT2D eigenvalue weighted by atomic mass is 79.9. The number of halogens is 1. The lowest BCUT2D eigenvalue weighted by Crippen LogP contribution is -2.23. The lowest BCUT2D eigenvalue weighted by atomic mass is 10.1. The monoisotopic (exact) mass is 432 g/mol. The van der Waals surface area contributed by atoms with Crippen molar-refractivity contribution in [2.45, 2.75) is 18.6 Å². The Morgan fingerprint density at radius 1 is 1.27 bits per heavy atom. The van der Waals surface area contributed by atoms with Gasteiger partial charge in [-0.15, -0.1) is 0 Å².